The lowest BCUT2D eigenvalue weighted by Gasteiger charge is -1.93. The Labute approximate surface area is 71.1 Å². The molecule has 0 aliphatic heterocycles. The Hall–Kier alpha value is -1.64. The van der Waals surface area contributed by atoms with E-state index in [1.54, 1.807) is 24.4 Å². The van der Waals surface area contributed by atoms with E-state index < -0.39 is 5.91 Å². The first-order valence-corrected chi connectivity index (χ1v) is 3.64. The summed E-state index contributed by atoms with van der Waals surface area (Å²) in [5.74, 6) is -0.409. The molecule has 0 radical (unpaired) electrons. The topological polar surface area (TPSA) is 47.0 Å². The molecule has 1 heterocycles. The van der Waals surface area contributed by atoms with Gasteiger partial charge in [0.25, 0.3) is 5.91 Å². The average molecular weight is 163 g/mol. The van der Waals surface area contributed by atoms with Crippen molar-refractivity contribution in [2.75, 3.05) is 0 Å². The fraction of sp³-hybridized carbons (Fsp3) is 0.111. The van der Waals surface area contributed by atoms with Crippen LogP contribution in [-0.4, -0.2) is 5.91 Å². The van der Waals surface area contributed by atoms with E-state index >= 15 is 0 Å². The Bertz CT molecular complexity index is 307. The molecular formula is C9H11N2O+. The number of hydrogen-bond donors (Lipinski definition) is 1. The number of aromatic nitrogens is 1. The molecule has 3 heteroatoms. The molecule has 1 aromatic rings. The number of carbonyl (C=O) groups excluding carboxylic acids is 1. The number of allylic oxidation sites excluding steroid dienone is 1. The van der Waals surface area contributed by atoms with Gasteiger partial charge in [-0.1, -0.05) is 6.58 Å². The van der Waals surface area contributed by atoms with Crippen molar-refractivity contribution in [1.29, 1.82) is 0 Å². The Balaban J connectivity index is 2.95. The summed E-state index contributed by atoms with van der Waals surface area (Å²) in [5.41, 5.74) is 5.61. The first-order chi connectivity index (χ1) is 5.74. The second-order valence-corrected chi connectivity index (χ2v) is 2.44. The van der Waals surface area contributed by atoms with Crippen LogP contribution < -0.4 is 10.3 Å². The number of rotatable bonds is 3. The SMILES string of the molecule is C=CC[n+]1cccc(C(N)=O)c1. The van der Waals surface area contributed by atoms with Crippen molar-refractivity contribution in [1.82, 2.24) is 0 Å². The third-order valence-corrected chi connectivity index (χ3v) is 1.48. The van der Waals surface area contributed by atoms with Crippen LogP contribution in [0.2, 0.25) is 0 Å². The van der Waals surface area contributed by atoms with E-state index in [2.05, 4.69) is 6.58 Å². The van der Waals surface area contributed by atoms with E-state index in [9.17, 15) is 4.79 Å². The molecule has 1 rings (SSSR count). The molecule has 0 saturated carbocycles. The first-order valence-electron chi connectivity index (χ1n) is 3.64. The van der Waals surface area contributed by atoms with Crippen LogP contribution in [0.5, 0.6) is 0 Å². The maximum atomic E-state index is 10.7. The van der Waals surface area contributed by atoms with Crippen molar-refractivity contribution < 1.29 is 9.36 Å². The van der Waals surface area contributed by atoms with E-state index in [0.717, 1.165) is 0 Å². The number of primary amides is 1. The Kier molecular flexibility index (Phi) is 2.58. The van der Waals surface area contributed by atoms with Gasteiger partial charge in [0.05, 0.1) is 0 Å². The van der Waals surface area contributed by atoms with Crippen molar-refractivity contribution in [3.63, 3.8) is 0 Å². The van der Waals surface area contributed by atoms with Gasteiger partial charge in [-0.15, -0.1) is 0 Å². The lowest BCUT2D eigenvalue weighted by molar-refractivity contribution is -0.687. The second kappa shape index (κ2) is 3.67. The highest BCUT2D eigenvalue weighted by Gasteiger charge is 2.04. The molecule has 2 N–H and O–H groups in total. The first kappa shape index (κ1) is 8.46. The summed E-state index contributed by atoms with van der Waals surface area (Å²) >= 11 is 0. The molecule has 62 valence electrons. The van der Waals surface area contributed by atoms with Gasteiger partial charge in [-0.2, -0.15) is 0 Å². The molecule has 0 saturated heterocycles. The standard InChI is InChI=1S/C9H10N2O/c1-2-5-11-6-3-4-8(7-11)9(10)12/h2-4,6-7H,1,5H2,(H-,10,12)/p+1. The summed E-state index contributed by atoms with van der Waals surface area (Å²) in [7, 11) is 0. The van der Waals surface area contributed by atoms with Crippen LogP contribution in [0.4, 0.5) is 0 Å². The predicted octanol–water partition coefficient (Wildman–Crippen LogP) is 0.259. The third kappa shape index (κ3) is 1.92. The minimum absolute atomic E-state index is 0.409. The smallest absolute Gasteiger partial charge is 0.254 e. The third-order valence-electron chi connectivity index (χ3n) is 1.48. The minimum atomic E-state index is -0.409. The summed E-state index contributed by atoms with van der Waals surface area (Å²) in [6, 6.07) is 3.46. The van der Waals surface area contributed by atoms with Crippen molar-refractivity contribution in [3.8, 4) is 0 Å². The van der Waals surface area contributed by atoms with Crippen LogP contribution in [0, 0.1) is 0 Å². The summed E-state index contributed by atoms with van der Waals surface area (Å²) in [5, 5.41) is 0. The second-order valence-electron chi connectivity index (χ2n) is 2.44. The zero-order valence-electron chi connectivity index (χ0n) is 6.73. The van der Waals surface area contributed by atoms with Gasteiger partial charge in [0.15, 0.2) is 18.9 Å². The van der Waals surface area contributed by atoms with E-state index in [1.165, 1.54) is 0 Å². The molecule has 0 fully saturated rings. The molecular weight excluding hydrogens is 152 g/mol. The van der Waals surface area contributed by atoms with Crippen LogP contribution in [0.15, 0.2) is 37.2 Å². The lowest BCUT2D eigenvalue weighted by atomic mass is 10.3. The molecule has 0 spiro atoms. The number of nitrogens with two attached hydrogens (primary N) is 1. The van der Waals surface area contributed by atoms with Gasteiger partial charge in [0, 0.05) is 6.07 Å². The van der Waals surface area contributed by atoms with Gasteiger partial charge in [-0.25, -0.2) is 4.57 Å². The number of hydrogen-bond acceptors (Lipinski definition) is 1. The van der Waals surface area contributed by atoms with Crippen molar-refractivity contribution in [2.24, 2.45) is 5.73 Å². The average Bonchev–Trinajstić information content (AvgIpc) is 2.05. The fourth-order valence-electron chi connectivity index (χ4n) is 0.930. The number of amides is 1. The van der Waals surface area contributed by atoms with Crippen molar-refractivity contribution >= 4 is 5.91 Å². The fourth-order valence-corrected chi connectivity index (χ4v) is 0.930. The normalized spacial score (nSPS) is 9.33. The van der Waals surface area contributed by atoms with Gasteiger partial charge in [-0.05, 0) is 12.1 Å². The van der Waals surface area contributed by atoms with Crippen LogP contribution in [0.3, 0.4) is 0 Å². The molecule has 1 aromatic heterocycles. The van der Waals surface area contributed by atoms with Gasteiger partial charge in [0.1, 0.15) is 5.56 Å². The highest BCUT2D eigenvalue weighted by molar-refractivity contribution is 5.92. The molecule has 0 atom stereocenters. The van der Waals surface area contributed by atoms with Gasteiger partial charge in [-0.3, -0.25) is 4.79 Å². The number of nitrogens with zero attached hydrogens (tertiary/aromatic N) is 1. The summed E-state index contributed by atoms with van der Waals surface area (Å²) in [6.45, 7) is 4.28. The molecule has 3 nitrogen and oxygen atoms in total. The molecule has 0 unspecified atom stereocenters. The van der Waals surface area contributed by atoms with Gasteiger partial charge < -0.3 is 5.73 Å². The molecule has 12 heavy (non-hydrogen) atoms. The van der Waals surface area contributed by atoms with Crippen molar-refractivity contribution in [3.05, 3.63) is 42.7 Å². The predicted molar refractivity (Wildman–Crippen MR) is 45.4 cm³/mol. The monoisotopic (exact) mass is 163 g/mol. The van der Waals surface area contributed by atoms with Crippen LogP contribution in [0.1, 0.15) is 10.4 Å². The zero-order chi connectivity index (χ0) is 8.97. The highest BCUT2D eigenvalue weighted by Crippen LogP contribution is 1.91. The number of pyridine rings is 1. The Morgan fingerprint density at radius 2 is 2.50 bits per heavy atom. The van der Waals surface area contributed by atoms with E-state index in [0.29, 0.717) is 12.1 Å². The Morgan fingerprint density at radius 1 is 1.75 bits per heavy atom. The van der Waals surface area contributed by atoms with Gasteiger partial charge >= 0.3 is 0 Å². The molecule has 0 bridgehead atoms. The zero-order valence-corrected chi connectivity index (χ0v) is 6.73. The maximum Gasteiger partial charge on any atom is 0.254 e. The molecule has 0 aliphatic rings. The molecule has 0 aromatic carbocycles. The van der Waals surface area contributed by atoms with E-state index in [4.69, 9.17) is 5.73 Å². The van der Waals surface area contributed by atoms with Crippen molar-refractivity contribution in [2.45, 2.75) is 6.54 Å². The van der Waals surface area contributed by atoms with Crippen LogP contribution in [-0.2, 0) is 6.54 Å². The minimum Gasteiger partial charge on any atom is -0.365 e. The summed E-state index contributed by atoms with van der Waals surface area (Å²) < 4.78 is 1.84. The largest absolute Gasteiger partial charge is 0.365 e. The maximum absolute atomic E-state index is 10.7. The van der Waals surface area contributed by atoms with Gasteiger partial charge in [0.2, 0.25) is 0 Å². The van der Waals surface area contributed by atoms with E-state index in [-0.39, 0.29) is 0 Å². The lowest BCUT2D eigenvalue weighted by Crippen LogP contribution is -2.33. The summed E-state index contributed by atoms with van der Waals surface area (Å²) in [4.78, 5) is 10.7. The summed E-state index contributed by atoms with van der Waals surface area (Å²) in [6.07, 6.45) is 5.31. The van der Waals surface area contributed by atoms with Crippen LogP contribution in [0.25, 0.3) is 0 Å². The molecule has 0 aliphatic carbocycles. The van der Waals surface area contributed by atoms with Crippen LogP contribution >= 0.6 is 0 Å². The quantitative estimate of drug-likeness (QED) is 0.504. The Morgan fingerprint density at radius 3 is 3.08 bits per heavy atom. The van der Waals surface area contributed by atoms with E-state index in [1.807, 2.05) is 10.8 Å². The molecule has 1 amide bonds. The number of carbonyl (C=O) groups is 1. The highest BCUT2D eigenvalue weighted by atomic mass is 16.1.